The molecule has 0 saturated heterocycles. The smallest absolute Gasteiger partial charge is 0.163 e. The molecule has 5 rings (SSSR count). The van der Waals surface area contributed by atoms with Crippen LogP contribution in [0.3, 0.4) is 0 Å². The van der Waals surface area contributed by atoms with Gasteiger partial charge in [-0.05, 0) is 66.4 Å². The van der Waals surface area contributed by atoms with E-state index in [4.69, 9.17) is 0 Å². The van der Waals surface area contributed by atoms with Crippen molar-refractivity contribution in [2.24, 2.45) is 17.3 Å². The average Bonchev–Trinajstić information content (AvgIpc) is 3.16. The first-order chi connectivity index (χ1) is 11.3. The molecular formula is C22H26O. The number of rotatable bonds is 1. The summed E-state index contributed by atoms with van der Waals surface area (Å²) < 4.78 is 0. The summed E-state index contributed by atoms with van der Waals surface area (Å²) >= 11 is 0. The highest BCUT2D eigenvalue weighted by atomic mass is 16.1. The minimum absolute atomic E-state index is 0.258. The van der Waals surface area contributed by atoms with Crippen LogP contribution < -0.4 is 0 Å². The van der Waals surface area contributed by atoms with Gasteiger partial charge in [0.25, 0.3) is 0 Å². The summed E-state index contributed by atoms with van der Waals surface area (Å²) in [5.74, 6) is 2.53. The molecule has 0 heterocycles. The molecule has 3 unspecified atom stereocenters. The van der Waals surface area contributed by atoms with E-state index in [-0.39, 0.29) is 5.41 Å². The zero-order valence-electron chi connectivity index (χ0n) is 13.9. The lowest BCUT2D eigenvalue weighted by atomic mass is 9.62. The Morgan fingerprint density at radius 1 is 1.00 bits per heavy atom. The summed E-state index contributed by atoms with van der Waals surface area (Å²) in [6.07, 6.45) is 16.1. The highest BCUT2D eigenvalue weighted by molar-refractivity contribution is 5.99. The van der Waals surface area contributed by atoms with Gasteiger partial charge in [-0.3, -0.25) is 4.79 Å². The second-order valence-corrected chi connectivity index (χ2v) is 8.54. The molecule has 1 nitrogen and oxygen atoms in total. The van der Waals surface area contributed by atoms with E-state index in [1.807, 2.05) is 0 Å². The van der Waals surface area contributed by atoms with Gasteiger partial charge >= 0.3 is 0 Å². The minimum Gasteiger partial charge on any atom is -0.294 e. The zero-order chi connectivity index (χ0) is 15.4. The molecule has 120 valence electrons. The number of benzene rings is 1. The van der Waals surface area contributed by atoms with Crippen LogP contribution in [0.25, 0.3) is 0 Å². The Bertz CT molecular complexity index is 679. The first-order valence-corrected chi connectivity index (χ1v) is 9.58. The summed E-state index contributed by atoms with van der Waals surface area (Å²) in [6.45, 7) is 0. The quantitative estimate of drug-likeness (QED) is 0.631. The fraction of sp³-hybridized carbons (Fsp3) is 0.591. The van der Waals surface area contributed by atoms with Crippen molar-refractivity contribution in [3.8, 4) is 0 Å². The topological polar surface area (TPSA) is 17.1 Å². The Morgan fingerprint density at radius 2 is 1.87 bits per heavy atom. The predicted molar refractivity (Wildman–Crippen MR) is 92.7 cm³/mol. The minimum atomic E-state index is 0.258. The van der Waals surface area contributed by atoms with Crippen LogP contribution in [-0.4, -0.2) is 5.78 Å². The number of carbonyl (C=O) groups excluding carboxylic acids is 1. The van der Waals surface area contributed by atoms with E-state index < -0.39 is 0 Å². The number of Topliss-reactive ketones (excluding diaryl/α,β-unsaturated/α-hetero) is 1. The lowest BCUT2D eigenvalue weighted by molar-refractivity contribution is 0.0847. The summed E-state index contributed by atoms with van der Waals surface area (Å²) in [5, 5.41) is 0. The first-order valence-electron chi connectivity index (χ1n) is 9.58. The van der Waals surface area contributed by atoms with Crippen molar-refractivity contribution in [3.63, 3.8) is 0 Å². The number of allylic oxidation sites excluding steroid dienone is 2. The van der Waals surface area contributed by atoms with Crippen LogP contribution in [0.1, 0.15) is 78.8 Å². The number of ketones is 1. The molecule has 1 aromatic rings. The molecule has 3 atom stereocenters. The molecule has 0 radical (unpaired) electrons. The van der Waals surface area contributed by atoms with E-state index in [9.17, 15) is 4.79 Å². The molecule has 2 fully saturated rings. The fourth-order valence-electron chi connectivity index (χ4n) is 6.15. The van der Waals surface area contributed by atoms with Gasteiger partial charge in [-0.15, -0.1) is 0 Å². The third kappa shape index (κ3) is 2.08. The van der Waals surface area contributed by atoms with Gasteiger partial charge in [0.15, 0.2) is 5.78 Å². The van der Waals surface area contributed by atoms with E-state index in [0.29, 0.717) is 17.6 Å². The third-order valence-electron chi connectivity index (χ3n) is 7.23. The van der Waals surface area contributed by atoms with Gasteiger partial charge in [-0.25, -0.2) is 0 Å². The van der Waals surface area contributed by atoms with Gasteiger partial charge in [-0.2, -0.15) is 0 Å². The highest BCUT2D eigenvalue weighted by Crippen LogP contribution is 2.58. The number of fused-ring (bicyclic) bond motifs is 4. The molecule has 2 bridgehead atoms. The first kappa shape index (κ1) is 14.0. The van der Waals surface area contributed by atoms with Gasteiger partial charge in [-0.1, -0.05) is 49.6 Å². The van der Waals surface area contributed by atoms with Crippen LogP contribution in [0.2, 0.25) is 0 Å². The molecule has 0 amide bonds. The Balaban J connectivity index is 1.57. The standard InChI is InChI=1S/C22H26O/c23-21-14-22(12-15-9-10-17(22)11-15)13-20-18(7-4-8-19(20)21)16-5-2-1-3-6-16/h4,7-10,15-17H,1-3,5-6,11-14H2. The third-order valence-corrected chi connectivity index (χ3v) is 7.23. The molecule has 1 spiro atoms. The maximum Gasteiger partial charge on any atom is 0.163 e. The second-order valence-electron chi connectivity index (χ2n) is 8.54. The van der Waals surface area contributed by atoms with Crippen molar-refractivity contribution in [3.05, 3.63) is 47.0 Å². The molecule has 4 aliphatic carbocycles. The molecule has 1 aromatic carbocycles. The van der Waals surface area contributed by atoms with Crippen molar-refractivity contribution < 1.29 is 4.79 Å². The molecule has 2 saturated carbocycles. The van der Waals surface area contributed by atoms with Gasteiger partial charge in [0, 0.05) is 12.0 Å². The Morgan fingerprint density at radius 3 is 2.61 bits per heavy atom. The molecular weight excluding hydrogens is 280 g/mol. The van der Waals surface area contributed by atoms with E-state index in [2.05, 4.69) is 30.4 Å². The maximum atomic E-state index is 12.9. The summed E-state index contributed by atoms with van der Waals surface area (Å²) in [7, 11) is 0. The van der Waals surface area contributed by atoms with Gasteiger partial charge in [0.05, 0.1) is 0 Å². The summed E-state index contributed by atoms with van der Waals surface area (Å²) in [4.78, 5) is 12.9. The van der Waals surface area contributed by atoms with Crippen LogP contribution in [0, 0.1) is 17.3 Å². The van der Waals surface area contributed by atoms with E-state index in [0.717, 1.165) is 24.3 Å². The lowest BCUT2D eigenvalue weighted by Crippen LogP contribution is -2.36. The Kier molecular flexibility index (Phi) is 3.08. The average molecular weight is 306 g/mol. The zero-order valence-corrected chi connectivity index (χ0v) is 13.9. The Hall–Kier alpha value is -1.37. The molecule has 0 aliphatic heterocycles. The van der Waals surface area contributed by atoms with Crippen molar-refractivity contribution in [2.45, 2.75) is 63.7 Å². The normalized spacial score (nSPS) is 35.9. The summed E-state index contributed by atoms with van der Waals surface area (Å²) in [5.41, 5.74) is 4.29. The lowest BCUT2D eigenvalue weighted by Gasteiger charge is -2.41. The van der Waals surface area contributed by atoms with E-state index >= 15 is 0 Å². The predicted octanol–water partition coefficient (Wildman–Crippen LogP) is 5.45. The van der Waals surface area contributed by atoms with Gasteiger partial charge < -0.3 is 0 Å². The van der Waals surface area contributed by atoms with E-state index in [1.54, 1.807) is 0 Å². The number of carbonyl (C=O) groups is 1. The Labute approximate surface area is 139 Å². The van der Waals surface area contributed by atoms with Crippen LogP contribution in [0.4, 0.5) is 0 Å². The van der Waals surface area contributed by atoms with Gasteiger partial charge in [0.1, 0.15) is 0 Å². The summed E-state index contributed by atoms with van der Waals surface area (Å²) in [6, 6.07) is 6.57. The largest absolute Gasteiger partial charge is 0.294 e. The van der Waals surface area contributed by atoms with Crippen molar-refractivity contribution in [2.75, 3.05) is 0 Å². The van der Waals surface area contributed by atoms with Crippen LogP contribution in [0.15, 0.2) is 30.4 Å². The number of hydrogen-bond donors (Lipinski definition) is 0. The molecule has 23 heavy (non-hydrogen) atoms. The van der Waals surface area contributed by atoms with Crippen molar-refractivity contribution >= 4 is 5.78 Å². The monoisotopic (exact) mass is 306 g/mol. The maximum absolute atomic E-state index is 12.9. The molecule has 1 heteroatoms. The van der Waals surface area contributed by atoms with Crippen LogP contribution in [-0.2, 0) is 6.42 Å². The highest BCUT2D eigenvalue weighted by Gasteiger charge is 2.51. The van der Waals surface area contributed by atoms with Gasteiger partial charge in [0.2, 0.25) is 0 Å². The molecule has 0 N–H and O–H groups in total. The van der Waals surface area contributed by atoms with Crippen molar-refractivity contribution in [1.29, 1.82) is 0 Å². The SMILES string of the molecule is O=C1CC2(Cc3c1cccc3C1CCCCC1)CC1C=CC2C1. The van der Waals surface area contributed by atoms with Crippen molar-refractivity contribution in [1.82, 2.24) is 0 Å². The molecule has 0 aromatic heterocycles. The number of hydrogen-bond acceptors (Lipinski definition) is 1. The van der Waals surface area contributed by atoms with Crippen LogP contribution in [0.5, 0.6) is 0 Å². The fourth-order valence-corrected chi connectivity index (χ4v) is 6.15. The molecule has 4 aliphatic rings. The van der Waals surface area contributed by atoms with E-state index in [1.165, 1.54) is 56.1 Å². The second kappa shape index (κ2) is 5.06. The van der Waals surface area contributed by atoms with Crippen LogP contribution >= 0.6 is 0 Å².